The maximum Gasteiger partial charge on any atom is 0.250 e. The highest BCUT2D eigenvalue weighted by Gasteiger charge is 2.25. The zero-order valence-corrected chi connectivity index (χ0v) is 18.7. The van der Waals surface area contributed by atoms with Crippen molar-refractivity contribution in [3.05, 3.63) is 64.6 Å². The molecule has 3 aromatic heterocycles. The van der Waals surface area contributed by atoms with Gasteiger partial charge in [-0.05, 0) is 36.1 Å². The molecule has 2 N–H and O–H groups in total. The van der Waals surface area contributed by atoms with Gasteiger partial charge in [-0.1, -0.05) is 12.0 Å². The number of rotatable bonds is 5. The molecule has 0 saturated heterocycles. The van der Waals surface area contributed by atoms with Crippen LogP contribution in [-0.2, 0) is 37.0 Å². The maximum absolute atomic E-state index is 12.7. The molecule has 0 unspecified atom stereocenters. The summed E-state index contributed by atoms with van der Waals surface area (Å²) in [7, 11) is 0. The zero-order valence-electron chi connectivity index (χ0n) is 18.7. The Hall–Kier alpha value is -4.59. The van der Waals surface area contributed by atoms with Crippen LogP contribution >= 0.6 is 0 Å². The molecule has 174 valence electrons. The number of anilines is 1. The van der Waals surface area contributed by atoms with Crippen LogP contribution in [0.5, 0.6) is 0 Å². The third-order valence-corrected chi connectivity index (χ3v) is 6.32. The van der Waals surface area contributed by atoms with Crippen LogP contribution in [0.3, 0.4) is 0 Å². The molecular formula is C24H21N9O2. The summed E-state index contributed by atoms with van der Waals surface area (Å²) in [4.78, 5) is 23.2. The van der Waals surface area contributed by atoms with Gasteiger partial charge in [0.1, 0.15) is 12.1 Å². The van der Waals surface area contributed by atoms with Crippen LogP contribution in [0.2, 0.25) is 0 Å². The summed E-state index contributed by atoms with van der Waals surface area (Å²) < 4.78 is 5.70. The predicted octanol–water partition coefficient (Wildman–Crippen LogP) is 1.33. The van der Waals surface area contributed by atoms with E-state index in [1.165, 1.54) is 11.1 Å². The Kier molecular flexibility index (Phi) is 5.18. The number of benzene rings is 1. The molecular weight excluding hydrogens is 446 g/mol. The van der Waals surface area contributed by atoms with E-state index >= 15 is 0 Å². The number of nitrogens with zero attached hydrogens (tertiary/aromatic N) is 7. The summed E-state index contributed by atoms with van der Waals surface area (Å²) in [6, 6.07) is 6.33. The van der Waals surface area contributed by atoms with Gasteiger partial charge in [-0.3, -0.25) is 4.79 Å². The lowest BCUT2D eigenvalue weighted by Gasteiger charge is -2.24. The van der Waals surface area contributed by atoms with E-state index < -0.39 is 0 Å². The van der Waals surface area contributed by atoms with Crippen molar-refractivity contribution in [1.82, 2.24) is 40.5 Å². The highest BCUT2D eigenvalue weighted by molar-refractivity contribution is 5.78. The fourth-order valence-electron chi connectivity index (χ4n) is 4.50. The minimum Gasteiger partial charge on any atom is -0.420 e. The van der Waals surface area contributed by atoms with E-state index in [1.807, 2.05) is 6.07 Å². The number of aromatic nitrogens is 7. The second kappa shape index (κ2) is 8.64. The zero-order chi connectivity index (χ0) is 23.8. The van der Waals surface area contributed by atoms with E-state index in [-0.39, 0.29) is 30.2 Å². The van der Waals surface area contributed by atoms with Crippen molar-refractivity contribution in [1.29, 1.82) is 0 Å². The second-order valence-electron chi connectivity index (χ2n) is 8.63. The van der Waals surface area contributed by atoms with E-state index in [9.17, 15) is 4.79 Å². The van der Waals surface area contributed by atoms with Crippen molar-refractivity contribution in [2.45, 2.75) is 38.3 Å². The number of amides is 1. The third kappa shape index (κ3) is 4.21. The Labute approximate surface area is 200 Å². The second-order valence-corrected chi connectivity index (χ2v) is 8.63. The monoisotopic (exact) mass is 467 g/mol. The van der Waals surface area contributed by atoms with Crippen LogP contribution in [0.25, 0.3) is 11.5 Å². The molecule has 11 heteroatoms. The molecule has 4 aromatic rings. The van der Waals surface area contributed by atoms with Crippen LogP contribution in [0.4, 0.5) is 5.95 Å². The van der Waals surface area contributed by atoms with E-state index in [1.54, 1.807) is 17.3 Å². The van der Waals surface area contributed by atoms with Crippen LogP contribution < -0.4 is 5.32 Å². The smallest absolute Gasteiger partial charge is 0.250 e. The van der Waals surface area contributed by atoms with Crippen LogP contribution in [0, 0.1) is 12.3 Å². The van der Waals surface area contributed by atoms with Crippen molar-refractivity contribution in [2.75, 3.05) is 11.9 Å². The number of nitrogens with one attached hydrogen (secondary N) is 2. The average molecular weight is 467 g/mol. The summed E-state index contributed by atoms with van der Waals surface area (Å²) in [5, 5.41) is 22.2. The molecule has 4 heterocycles. The summed E-state index contributed by atoms with van der Waals surface area (Å²) >= 11 is 0. The first-order valence-electron chi connectivity index (χ1n) is 11.3. The number of H-pyrrole nitrogens is 1. The van der Waals surface area contributed by atoms with Gasteiger partial charge in [0.15, 0.2) is 0 Å². The fourth-order valence-corrected chi connectivity index (χ4v) is 4.50. The Balaban J connectivity index is 1.06. The first kappa shape index (κ1) is 21.0. The number of fused-ring (bicyclic) bond motifs is 2. The number of terminal acetylenes is 1. The lowest BCUT2D eigenvalue weighted by molar-refractivity contribution is -0.131. The molecule has 0 fully saturated rings. The average Bonchev–Trinajstić information content (AvgIpc) is 3.63. The molecule has 0 radical (unpaired) electrons. The Bertz CT molecular complexity index is 1430. The Morgan fingerprint density at radius 3 is 2.86 bits per heavy atom. The minimum atomic E-state index is -0.100. The molecule has 1 aliphatic carbocycles. The molecule has 1 aromatic carbocycles. The molecule has 2 aliphatic rings. The first-order valence-corrected chi connectivity index (χ1v) is 11.3. The topological polar surface area (TPSA) is 139 Å². The van der Waals surface area contributed by atoms with Gasteiger partial charge >= 0.3 is 0 Å². The van der Waals surface area contributed by atoms with Gasteiger partial charge in [-0.2, -0.15) is 15.4 Å². The van der Waals surface area contributed by atoms with Gasteiger partial charge in [0.05, 0.1) is 17.8 Å². The number of carbonyl (C=O) groups excluding carboxylic acids is 1. The normalized spacial score (nSPS) is 16.4. The highest BCUT2D eigenvalue weighted by Crippen LogP contribution is 2.25. The van der Waals surface area contributed by atoms with Crippen molar-refractivity contribution < 1.29 is 9.21 Å². The van der Waals surface area contributed by atoms with Gasteiger partial charge in [0, 0.05) is 37.0 Å². The predicted molar refractivity (Wildman–Crippen MR) is 124 cm³/mol. The van der Waals surface area contributed by atoms with Gasteiger partial charge in [-0.25, -0.2) is 9.97 Å². The van der Waals surface area contributed by atoms with Crippen molar-refractivity contribution >= 4 is 11.9 Å². The Morgan fingerprint density at radius 1 is 1.17 bits per heavy atom. The Morgan fingerprint density at radius 2 is 2.00 bits per heavy atom. The largest absolute Gasteiger partial charge is 0.420 e. The van der Waals surface area contributed by atoms with Crippen LogP contribution in [0.15, 0.2) is 35.0 Å². The molecule has 1 amide bonds. The van der Waals surface area contributed by atoms with Gasteiger partial charge in [-0.15, -0.1) is 16.6 Å². The molecule has 6 rings (SSSR count). The molecule has 1 aliphatic heterocycles. The molecule has 0 bridgehead atoms. The number of carbonyl (C=O) groups is 1. The lowest BCUT2D eigenvalue weighted by atomic mass is 10.1. The highest BCUT2D eigenvalue weighted by atomic mass is 16.4. The van der Waals surface area contributed by atoms with Crippen molar-refractivity contribution in [2.24, 2.45) is 0 Å². The SMILES string of the molecule is C#Cc1ccc2c(c1)C[C@@H](Nc1ncc(-c3nnc(CC(=O)N4CCc5n[nH]nc5C4)o3)cn1)C2. The lowest BCUT2D eigenvalue weighted by Crippen LogP contribution is -2.37. The summed E-state index contributed by atoms with van der Waals surface area (Å²) in [6.07, 6.45) is 11.2. The van der Waals surface area contributed by atoms with E-state index in [2.05, 4.69) is 58.9 Å². The van der Waals surface area contributed by atoms with Gasteiger partial charge in [0.2, 0.25) is 17.7 Å². The van der Waals surface area contributed by atoms with Gasteiger partial charge in [0.25, 0.3) is 5.89 Å². The van der Waals surface area contributed by atoms with Gasteiger partial charge < -0.3 is 14.6 Å². The van der Waals surface area contributed by atoms with Crippen molar-refractivity contribution in [3.63, 3.8) is 0 Å². The number of aromatic amines is 1. The fraction of sp³-hybridized carbons (Fsp3) is 0.292. The first-order chi connectivity index (χ1) is 17.1. The standard InChI is InChI=1S/C24H21N9O2/c1-2-14-3-4-15-8-18(9-16(15)7-14)27-24-25-11-17(12-26-24)23-31-30-21(35-23)10-22(34)33-6-5-19-20(13-33)29-32-28-19/h1,3-4,7,11-12,18H,5-6,8-10,13H2,(H,25,26,27)(H,28,29,32)/t18-/m0/s1. The molecule has 0 saturated carbocycles. The molecule has 0 spiro atoms. The quantitative estimate of drug-likeness (QED) is 0.416. The summed E-state index contributed by atoms with van der Waals surface area (Å²) in [5.74, 6) is 3.62. The molecule has 1 atom stereocenters. The number of hydrogen-bond acceptors (Lipinski definition) is 9. The molecule has 35 heavy (non-hydrogen) atoms. The van der Waals surface area contributed by atoms with Crippen molar-refractivity contribution in [3.8, 4) is 23.8 Å². The van der Waals surface area contributed by atoms with E-state index in [0.717, 1.165) is 29.8 Å². The molecule has 11 nitrogen and oxygen atoms in total. The summed E-state index contributed by atoms with van der Waals surface area (Å²) in [5.41, 5.74) is 5.72. The maximum atomic E-state index is 12.7. The minimum absolute atomic E-state index is 0.0182. The number of hydrogen-bond donors (Lipinski definition) is 2. The van der Waals surface area contributed by atoms with E-state index in [0.29, 0.717) is 31.0 Å². The van der Waals surface area contributed by atoms with E-state index in [4.69, 9.17) is 10.8 Å². The van der Waals surface area contributed by atoms with Crippen LogP contribution in [-0.4, -0.2) is 59.0 Å². The van der Waals surface area contributed by atoms with Crippen LogP contribution in [0.1, 0.15) is 34.0 Å². The summed E-state index contributed by atoms with van der Waals surface area (Å²) in [6.45, 7) is 1.00. The third-order valence-electron chi connectivity index (χ3n) is 6.32.